The van der Waals surface area contributed by atoms with Crippen molar-refractivity contribution in [2.45, 2.75) is 27.7 Å². The molecule has 0 atom stereocenters. The minimum absolute atomic E-state index is 0.437. The molecular formula is C21H23ClN6O. The SMILES string of the molecule is CC.Cc1nn(-c2ccnc(Nc3ccc4c(c3)c(C)c(Cl)n4C)n2)cc1C=O. The molecule has 0 aliphatic rings. The van der Waals surface area contributed by atoms with Gasteiger partial charge in [0.2, 0.25) is 5.95 Å². The van der Waals surface area contributed by atoms with E-state index in [1.54, 1.807) is 30.1 Å². The summed E-state index contributed by atoms with van der Waals surface area (Å²) >= 11 is 6.33. The summed E-state index contributed by atoms with van der Waals surface area (Å²) in [6, 6.07) is 7.72. The van der Waals surface area contributed by atoms with Crippen LogP contribution in [0.1, 0.15) is 35.5 Å². The molecule has 0 aliphatic carbocycles. The van der Waals surface area contributed by atoms with Gasteiger partial charge in [-0.3, -0.25) is 4.79 Å². The second-order valence-corrected chi connectivity index (χ2v) is 6.66. The third-order valence-electron chi connectivity index (χ3n) is 4.56. The summed E-state index contributed by atoms with van der Waals surface area (Å²) in [4.78, 5) is 19.8. The Morgan fingerprint density at radius 1 is 1.17 bits per heavy atom. The number of anilines is 2. The van der Waals surface area contributed by atoms with Gasteiger partial charge in [-0.15, -0.1) is 0 Å². The molecule has 0 aliphatic heterocycles. The molecule has 0 fully saturated rings. The van der Waals surface area contributed by atoms with Gasteiger partial charge in [-0.25, -0.2) is 9.67 Å². The first-order chi connectivity index (χ1) is 14.0. The highest BCUT2D eigenvalue weighted by Gasteiger charge is 2.11. The molecule has 0 spiro atoms. The minimum Gasteiger partial charge on any atom is -0.335 e. The number of aryl methyl sites for hydroxylation is 3. The molecule has 4 aromatic rings. The number of rotatable bonds is 4. The maximum atomic E-state index is 11.0. The van der Waals surface area contributed by atoms with E-state index in [-0.39, 0.29) is 0 Å². The zero-order chi connectivity index (χ0) is 21.1. The lowest BCUT2D eigenvalue weighted by atomic mass is 10.2. The van der Waals surface area contributed by atoms with E-state index in [2.05, 4.69) is 20.4 Å². The van der Waals surface area contributed by atoms with E-state index in [9.17, 15) is 4.79 Å². The molecule has 29 heavy (non-hydrogen) atoms. The Balaban J connectivity index is 0.00000117. The lowest BCUT2D eigenvalue weighted by molar-refractivity contribution is 0.112. The second kappa shape index (κ2) is 8.45. The lowest BCUT2D eigenvalue weighted by Crippen LogP contribution is -2.03. The van der Waals surface area contributed by atoms with Crippen LogP contribution in [0.2, 0.25) is 5.15 Å². The van der Waals surface area contributed by atoms with Gasteiger partial charge in [-0.2, -0.15) is 10.1 Å². The van der Waals surface area contributed by atoms with Crippen LogP contribution in [0.3, 0.4) is 0 Å². The summed E-state index contributed by atoms with van der Waals surface area (Å²) in [5.74, 6) is 1.01. The van der Waals surface area contributed by atoms with Gasteiger partial charge >= 0.3 is 0 Å². The second-order valence-electron chi connectivity index (χ2n) is 6.30. The summed E-state index contributed by atoms with van der Waals surface area (Å²) in [6.07, 6.45) is 4.07. The van der Waals surface area contributed by atoms with Gasteiger partial charge in [0, 0.05) is 42.1 Å². The number of fused-ring (bicyclic) bond motifs is 1. The molecule has 0 saturated carbocycles. The van der Waals surface area contributed by atoms with Crippen molar-refractivity contribution in [2.75, 3.05) is 5.32 Å². The fraction of sp³-hybridized carbons (Fsp3) is 0.238. The number of carbonyl (C=O) groups excluding carboxylic acids is 1. The Bertz CT molecular complexity index is 1180. The highest BCUT2D eigenvalue weighted by atomic mass is 35.5. The third kappa shape index (κ3) is 3.86. The highest BCUT2D eigenvalue weighted by Crippen LogP contribution is 2.30. The van der Waals surface area contributed by atoms with E-state index in [1.807, 2.05) is 50.6 Å². The van der Waals surface area contributed by atoms with Gasteiger partial charge in [-0.05, 0) is 37.6 Å². The number of benzene rings is 1. The number of aldehydes is 1. The quantitative estimate of drug-likeness (QED) is 0.478. The zero-order valence-electron chi connectivity index (χ0n) is 17.1. The molecule has 1 aromatic carbocycles. The summed E-state index contributed by atoms with van der Waals surface area (Å²) < 4.78 is 3.52. The van der Waals surface area contributed by atoms with Crippen LogP contribution in [0.5, 0.6) is 0 Å². The standard InChI is InChI=1S/C19H17ClN6O.C2H6/c1-11-15-8-14(4-5-16(15)25(3)18(11)20)22-19-21-7-6-17(23-19)26-9-13(10-27)12(2)24-26;1-2/h4-10H,1-3H3,(H,21,22,23);1-2H3. The van der Waals surface area contributed by atoms with Crippen molar-refractivity contribution in [1.82, 2.24) is 24.3 Å². The van der Waals surface area contributed by atoms with Crippen molar-refractivity contribution < 1.29 is 4.79 Å². The molecule has 4 rings (SSSR count). The Labute approximate surface area is 174 Å². The molecular weight excluding hydrogens is 388 g/mol. The first kappa shape index (κ1) is 20.5. The first-order valence-corrected chi connectivity index (χ1v) is 9.72. The molecule has 3 aromatic heterocycles. The molecule has 0 amide bonds. The van der Waals surface area contributed by atoms with Gasteiger partial charge in [0.15, 0.2) is 12.1 Å². The van der Waals surface area contributed by atoms with Crippen LogP contribution >= 0.6 is 11.6 Å². The molecule has 0 bridgehead atoms. The number of halogens is 1. The number of aromatic nitrogens is 5. The van der Waals surface area contributed by atoms with Crippen molar-refractivity contribution in [2.24, 2.45) is 7.05 Å². The van der Waals surface area contributed by atoms with E-state index in [0.717, 1.165) is 33.6 Å². The predicted molar refractivity (Wildman–Crippen MR) is 117 cm³/mol. The molecule has 0 radical (unpaired) electrons. The molecule has 8 heteroatoms. The number of carbonyl (C=O) groups is 1. The molecule has 150 valence electrons. The fourth-order valence-electron chi connectivity index (χ4n) is 3.05. The third-order valence-corrected chi connectivity index (χ3v) is 5.10. The molecule has 3 heterocycles. The number of hydrogen-bond donors (Lipinski definition) is 1. The molecule has 0 saturated heterocycles. The van der Waals surface area contributed by atoms with Crippen molar-refractivity contribution in [3.8, 4) is 5.82 Å². The summed E-state index contributed by atoms with van der Waals surface area (Å²) in [5.41, 5.74) is 4.13. The summed E-state index contributed by atoms with van der Waals surface area (Å²) in [6.45, 7) is 7.78. The monoisotopic (exact) mass is 410 g/mol. The predicted octanol–water partition coefficient (Wildman–Crippen LogP) is 5.01. The summed E-state index contributed by atoms with van der Waals surface area (Å²) in [7, 11) is 1.94. The largest absolute Gasteiger partial charge is 0.335 e. The normalized spacial score (nSPS) is 10.6. The van der Waals surface area contributed by atoms with Crippen LogP contribution in [0, 0.1) is 13.8 Å². The Morgan fingerprint density at radius 3 is 2.62 bits per heavy atom. The maximum absolute atomic E-state index is 11.0. The van der Waals surface area contributed by atoms with E-state index < -0.39 is 0 Å². The van der Waals surface area contributed by atoms with Crippen molar-refractivity contribution in [3.05, 3.63) is 58.6 Å². The molecule has 0 unspecified atom stereocenters. The zero-order valence-corrected chi connectivity index (χ0v) is 17.8. The van der Waals surface area contributed by atoms with E-state index in [1.165, 1.54) is 0 Å². The number of hydrogen-bond acceptors (Lipinski definition) is 5. The topological polar surface area (TPSA) is 77.6 Å². The average molecular weight is 411 g/mol. The van der Waals surface area contributed by atoms with E-state index in [0.29, 0.717) is 23.0 Å². The average Bonchev–Trinajstić information content (AvgIpc) is 3.23. The Morgan fingerprint density at radius 2 is 1.93 bits per heavy atom. The number of nitrogens with one attached hydrogen (secondary N) is 1. The van der Waals surface area contributed by atoms with Gasteiger partial charge in [0.05, 0.1) is 11.3 Å². The van der Waals surface area contributed by atoms with Crippen LogP contribution in [0.25, 0.3) is 16.7 Å². The molecule has 1 N–H and O–H groups in total. The van der Waals surface area contributed by atoms with Gasteiger partial charge in [-0.1, -0.05) is 25.4 Å². The van der Waals surface area contributed by atoms with E-state index in [4.69, 9.17) is 11.6 Å². The smallest absolute Gasteiger partial charge is 0.229 e. The highest BCUT2D eigenvalue weighted by molar-refractivity contribution is 6.32. The molecule has 7 nitrogen and oxygen atoms in total. The minimum atomic E-state index is 0.437. The van der Waals surface area contributed by atoms with Crippen LogP contribution < -0.4 is 5.32 Å². The maximum Gasteiger partial charge on any atom is 0.229 e. The van der Waals surface area contributed by atoms with E-state index >= 15 is 0 Å². The fourth-order valence-corrected chi connectivity index (χ4v) is 3.24. The van der Waals surface area contributed by atoms with Crippen molar-refractivity contribution in [1.29, 1.82) is 0 Å². The van der Waals surface area contributed by atoms with Gasteiger partial charge < -0.3 is 9.88 Å². The Kier molecular flexibility index (Phi) is 5.98. The Hall–Kier alpha value is -3.19. The summed E-state index contributed by atoms with van der Waals surface area (Å²) in [5, 5.41) is 9.32. The van der Waals surface area contributed by atoms with Gasteiger partial charge in [0.1, 0.15) is 5.15 Å². The van der Waals surface area contributed by atoms with Crippen LogP contribution in [0.15, 0.2) is 36.7 Å². The van der Waals surface area contributed by atoms with Crippen LogP contribution in [-0.2, 0) is 7.05 Å². The van der Waals surface area contributed by atoms with Crippen LogP contribution in [-0.4, -0.2) is 30.6 Å². The van der Waals surface area contributed by atoms with Gasteiger partial charge in [0.25, 0.3) is 0 Å². The van der Waals surface area contributed by atoms with Crippen LogP contribution in [0.4, 0.5) is 11.6 Å². The number of nitrogens with zero attached hydrogens (tertiary/aromatic N) is 5. The first-order valence-electron chi connectivity index (χ1n) is 9.34. The lowest BCUT2D eigenvalue weighted by Gasteiger charge is -2.07. The van der Waals surface area contributed by atoms with Crippen molar-refractivity contribution in [3.63, 3.8) is 0 Å². The van der Waals surface area contributed by atoms with Crippen molar-refractivity contribution >= 4 is 40.4 Å².